The van der Waals surface area contributed by atoms with E-state index in [1.54, 1.807) is 34.9 Å². The van der Waals surface area contributed by atoms with Crippen LogP contribution in [0, 0.1) is 5.92 Å². The van der Waals surface area contributed by atoms with E-state index in [9.17, 15) is 4.79 Å². The first kappa shape index (κ1) is 15.1. The second-order valence-electron chi connectivity index (χ2n) is 4.47. The molecule has 1 aliphatic carbocycles. The highest BCUT2D eigenvalue weighted by molar-refractivity contribution is 8.03. The average Bonchev–Trinajstić information content (AvgIpc) is 3.14. The van der Waals surface area contributed by atoms with Gasteiger partial charge in [-0.15, -0.1) is 10.2 Å². The fourth-order valence-corrected chi connectivity index (χ4v) is 4.82. The molecule has 1 aromatic heterocycles. The minimum Gasteiger partial charge on any atom is -0.368 e. The standard InChI is InChI=1S/C11H18N4OS3/c1-3-13-11(8(12)16,7-4-5-7)6-18-10-15-14-9(17-2)19-10/h7,13H,3-6H2,1-2H3,(H2,12,16). The normalized spacial score (nSPS) is 18.2. The number of hydrogen-bond donors (Lipinski definition) is 2. The molecule has 0 saturated heterocycles. The monoisotopic (exact) mass is 318 g/mol. The molecule has 0 bridgehead atoms. The Kier molecular flexibility index (Phi) is 5.10. The molecule has 8 heteroatoms. The quantitative estimate of drug-likeness (QED) is 0.709. The molecule has 0 radical (unpaired) electrons. The summed E-state index contributed by atoms with van der Waals surface area (Å²) in [5.41, 5.74) is 5.05. The number of amides is 1. The zero-order chi connectivity index (χ0) is 13.9. The third-order valence-electron chi connectivity index (χ3n) is 3.19. The predicted molar refractivity (Wildman–Crippen MR) is 80.7 cm³/mol. The molecule has 1 atom stereocenters. The van der Waals surface area contributed by atoms with Crippen molar-refractivity contribution < 1.29 is 4.79 Å². The molecule has 1 amide bonds. The molecule has 0 spiro atoms. The van der Waals surface area contributed by atoms with Gasteiger partial charge in [-0.25, -0.2) is 0 Å². The molecule has 1 fully saturated rings. The van der Waals surface area contributed by atoms with Crippen LogP contribution in [0.2, 0.25) is 0 Å². The van der Waals surface area contributed by atoms with Gasteiger partial charge >= 0.3 is 0 Å². The van der Waals surface area contributed by atoms with Crippen molar-refractivity contribution in [3.8, 4) is 0 Å². The SMILES string of the molecule is CCNC(CSc1nnc(SC)s1)(C(N)=O)C1CC1. The van der Waals surface area contributed by atoms with Gasteiger partial charge in [0.2, 0.25) is 5.91 Å². The van der Waals surface area contributed by atoms with Crippen molar-refractivity contribution in [2.45, 2.75) is 34.0 Å². The van der Waals surface area contributed by atoms with Gasteiger partial charge in [0.05, 0.1) is 0 Å². The molecule has 3 N–H and O–H groups in total. The number of carbonyl (C=O) groups excluding carboxylic acids is 1. The number of likely N-dealkylation sites (N-methyl/N-ethyl adjacent to an activating group) is 1. The predicted octanol–water partition coefficient (Wildman–Crippen LogP) is 1.60. The molecule has 1 aromatic rings. The zero-order valence-corrected chi connectivity index (χ0v) is 13.5. The Morgan fingerprint density at radius 3 is 2.68 bits per heavy atom. The van der Waals surface area contributed by atoms with Gasteiger partial charge in [-0.05, 0) is 31.6 Å². The largest absolute Gasteiger partial charge is 0.368 e. The van der Waals surface area contributed by atoms with Crippen LogP contribution in [0.1, 0.15) is 19.8 Å². The molecule has 19 heavy (non-hydrogen) atoms. The molecule has 106 valence electrons. The van der Waals surface area contributed by atoms with E-state index in [0.29, 0.717) is 11.7 Å². The summed E-state index contributed by atoms with van der Waals surface area (Å²) < 4.78 is 1.84. The van der Waals surface area contributed by atoms with Gasteiger partial charge in [-0.3, -0.25) is 4.79 Å². The molecule has 1 saturated carbocycles. The Morgan fingerprint density at radius 1 is 1.53 bits per heavy atom. The number of primary amides is 1. The molecule has 0 aromatic carbocycles. The van der Waals surface area contributed by atoms with Crippen LogP contribution < -0.4 is 11.1 Å². The van der Waals surface area contributed by atoms with Crippen LogP contribution in [-0.4, -0.2) is 40.2 Å². The maximum Gasteiger partial charge on any atom is 0.238 e. The lowest BCUT2D eigenvalue weighted by Gasteiger charge is -2.31. The van der Waals surface area contributed by atoms with Crippen molar-refractivity contribution >= 4 is 40.8 Å². The van der Waals surface area contributed by atoms with Crippen molar-refractivity contribution in [2.24, 2.45) is 11.7 Å². The van der Waals surface area contributed by atoms with E-state index in [1.807, 2.05) is 13.2 Å². The van der Waals surface area contributed by atoms with Crippen LogP contribution in [0.15, 0.2) is 8.68 Å². The van der Waals surface area contributed by atoms with Gasteiger partial charge in [-0.2, -0.15) is 0 Å². The summed E-state index contributed by atoms with van der Waals surface area (Å²) in [5, 5.41) is 11.5. The smallest absolute Gasteiger partial charge is 0.238 e. The Morgan fingerprint density at radius 2 is 2.21 bits per heavy atom. The number of aromatic nitrogens is 2. The van der Waals surface area contributed by atoms with Crippen LogP contribution in [0.5, 0.6) is 0 Å². The van der Waals surface area contributed by atoms with Gasteiger partial charge in [0.25, 0.3) is 0 Å². The maximum absolute atomic E-state index is 11.9. The molecule has 2 rings (SSSR count). The molecule has 5 nitrogen and oxygen atoms in total. The fraction of sp³-hybridized carbons (Fsp3) is 0.727. The number of carbonyl (C=O) groups is 1. The molecule has 1 heterocycles. The van der Waals surface area contributed by atoms with E-state index in [-0.39, 0.29) is 5.91 Å². The summed E-state index contributed by atoms with van der Waals surface area (Å²) in [6.45, 7) is 2.74. The van der Waals surface area contributed by atoms with Gasteiger partial charge in [0, 0.05) is 5.75 Å². The second kappa shape index (κ2) is 6.43. The van der Waals surface area contributed by atoms with Gasteiger partial charge in [0.1, 0.15) is 5.54 Å². The first-order valence-electron chi connectivity index (χ1n) is 6.17. The van der Waals surface area contributed by atoms with Crippen molar-refractivity contribution in [3.63, 3.8) is 0 Å². The van der Waals surface area contributed by atoms with E-state index in [2.05, 4.69) is 15.5 Å². The van der Waals surface area contributed by atoms with E-state index in [4.69, 9.17) is 5.73 Å². The first-order valence-corrected chi connectivity index (χ1v) is 9.20. The van der Waals surface area contributed by atoms with E-state index >= 15 is 0 Å². The Bertz CT molecular complexity index is 449. The van der Waals surface area contributed by atoms with E-state index in [1.165, 1.54) is 0 Å². The molecule has 1 unspecified atom stereocenters. The van der Waals surface area contributed by atoms with E-state index in [0.717, 1.165) is 28.1 Å². The summed E-state index contributed by atoms with van der Waals surface area (Å²) in [7, 11) is 0. The van der Waals surface area contributed by atoms with Gasteiger partial charge in [-0.1, -0.05) is 41.8 Å². The fourth-order valence-electron chi connectivity index (χ4n) is 2.08. The van der Waals surface area contributed by atoms with Crippen molar-refractivity contribution in [2.75, 3.05) is 18.6 Å². The summed E-state index contributed by atoms with van der Waals surface area (Å²) >= 11 is 4.71. The number of nitrogens with zero attached hydrogens (tertiary/aromatic N) is 2. The van der Waals surface area contributed by atoms with E-state index < -0.39 is 5.54 Å². The Hall–Kier alpha value is -0.310. The summed E-state index contributed by atoms with van der Waals surface area (Å²) in [6.07, 6.45) is 4.12. The summed E-state index contributed by atoms with van der Waals surface area (Å²) in [6, 6.07) is 0. The minimum absolute atomic E-state index is 0.251. The lowest BCUT2D eigenvalue weighted by atomic mass is 9.94. The highest BCUT2D eigenvalue weighted by Crippen LogP contribution is 2.42. The van der Waals surface area contributed by atoms with Gasteiger partial charge in [0.15, 0.2) is 8.68 Å². The number of thioether (sulfide) groups is 2. The molecule has 1 aliphatic rings. The summed E-state index contributed by atoms with van der Waals surface area (Å²) in [4.78, 5) is 11.9. The highest BCUT2D eigenvalue weighted by atomic mass is 32.2. The van der Waals surface area contributed by atoms with Crippen LogP contribution in [-0.2, 0) is 4.79 Å². The number of hydrogen-bond acceptors (Lipinski definition) is 7. The van der Waals surface area contributed by atoms with Crippen molar-refractivity contribution in [3.05, 3.63) is 0 Å². The number of nitrogens with one attached hydrogen (secondary N) is 1. The lowest BCUT2D eigenvalue weighted by molar-refractivity contribution is -0.124. The van der Waals surface area contributed by atoms with Crippen LogP contribution >= 0.6 is 34.9 Å². The Labute approximate surface area is 125 Å². The molecular weight excluding hydrogens is 300 g/mol. The third-order valence-corrected chi connectivity index (χ3v) is 6.42. The molecule has 0 aliphatic heterocycles. The van der Waals surface area contributed by atoms with Crippen molar-refractivity contribution in [1.29, 1.82) is 0 Å². The first-order chi connectivity index (χ1) is 9.12. The highest BCUT2D eigenvalue weighted by Gasteiger charge is 2.49. The van der Waals surface area contributed by atoms with Crippen LogP contribution in [0.4, 0.5) is 0 Å². The van der Waals surface area contributed by atoms with Gasteiger partial charge < -0.3 is 11.1 Å². The van der Waals surface area contributed by atoms with Crippen LogP contribution in [0.3, 0.4) is 0 Å². The number of rotatable bonds is 8. The number of nitrogens with two attached hydrogens (primary N) is 1. The van der Waals surface area contributed by atoms with Crippen LogP contribution in [0.25, 0.3) is 0 Å². The average molecular weight is 318 g/mol. The Balaban J connectivity index is 2.05. The minimum atomic E-state index is -0.593. The maximum atomic E-state index is 11.9. The lowest BCUT2D eigenvalue weighted by Crippen LogP contribution is -2.59. The molecular formula is C11H18N4OS3. The van der Waals surface area contributed by atoms with Crippen molar-refractivity contribution in [1.82, 2.24) is 15.5 Å². The second-order valence-corrected chi connectivity index (χ2v) is 7.72. The zero-order valence-electron chi connectivity index (χ0n) is 11.0. The summed E-state index contributed by atoms with van der Waals surface area (Å²) in [5.74, 6) is 0.744. The third kappa shape index (κ3) is 3.42. The topological polar surface area (TPSA) is 80.9 Å².